The number of aromatic nitrogens is 1. The summed E-state index contributed by atoms with van der Waals surface area (Å²) in [6.07, 6.45) is 0. The van der Waals surface area contributed by atoms with Gasteiger partial charge in [-0.1, -0.05) is 47.5 Å². The molecule has 0 unspecified atom stereocenters. The summed E-state index contributed by atoms with van der Waals surface area (Å²) in [5.74, 6) is 0.333. The maximum atomic E-state index is 12.7. The van der Waals surface area contributed by atoms with Gasteiger partial charge in [0, 0.05) is 5.02 Å². The molecule has 4 rings (SSSR count). The van der Waals surface area contributed by atoms with Gasteiger partial charge in [0.25, 0.3) is 0 Å². The zero-order valence-corrected chi connectivity index (χ0v) is 15.9. The van der Waals surface area contributed by atoms with Crippen LogP contribution >= 0.6 is 23.2 Å². The van der Waals surface area contributed by atoms with Crippen molar-refractivity contribution in [3.05, 3.63) is 76.8 Å². The molecule has 3 aromatic carbocycles. The van der Waals surface area contributed by atoms with Crippen LogP contribution < -0.4 is 4.18 Å². The van der Waals surface area contributed by atoms with E-state index < -0.39 is 10.1 Å². The van der Waals surface area contributed by atoms with Crippen LogP contribution in [-0.4, -0.2) is 13.4 Å². The maximum absolute atomic E-state index is 12.7. The Hall–Kier alpha value is -2.54. The standard InChI is InChI=1S/C19H11Cl2NO4S/c20-12-9-10-18(14(21)11-12)27(23,24)26-16-7-3-1-5-13(16)19-22-15-6-2-4-8-17(15)25-19/h1-11H. The average molecular weight is 420 g/mol. The fraction of sp³-hybridized carbons (Fsp3) is 0. The summed E-state index contributed by atoms with van der Waals surface area (Å²) in [5.41, 5.74) is 1.65. The van der Waals surface area contributed by atoms with Crippen LogP contribution in [0.3, 0.4) is 0 Å². The van der Waals surface area contributed by atoms with E-state index in [4.69, 9.17) is 31.8 Å². The molecule has 1 heterocycles. The number of para-hydroxylation sites is 3. The van der Waals surface area contributed by atoms with Gasteiger partial charge in [0.2, 0.25) is 5.89 Å². The molecule has 5 nitrogen and oxygen atoms in total. The van der Waals surface area contributed by atoms with Gasteiger partial charge in [0.1, 0.15) is 10.4 Å². The molecular weight excluding hydrogens is 409 g/mol. The summed E-state index contributed by atoms with van der Waals surface area (Å²) in [4.78, 5) is 4.21. The Bertz CT molecular complexity index is 1220. The first-order valence-corrected chi connectivity index (χ1v) is 9.95. The zero-order valence-electron chi connectivity index (χ0n) is 13.6. The summed E-state index contributed by atoms with van der Waals surface area (Å²) >= 11 is 11.8. The van der Waals surface area contributed by atoms with E-state index in [2.05, 4.69) is 4.98 Å². The Morgan fingerprint density at radius 1 is 0.926 bits per heavy atom. The highest BCUT2D eigenvalue weighted by Crippen LogP contribution is 2.34. The molecule has 0 saturated carbocycles. The highest BCUT2D eigenvalue weighted by Gasteiger charge is 2.23. The molecule has 0 aliphatic rings. The lowest BCUT2D eigenvalue weighted by molar-refractivity contribution is 0.485. The Balaban J connectivity index is 1.77. The number of fused-ring (bicyclic) bond motifs is 1. The third-order valence-electron chi connectivity index (χ3n) is 3.77. The van der Waals surface area contributed by atoms with Crippen molar-refractivity contribution in [2.45, 2.75) is 4.90 Å². The van der Waals surface area contributed by atoms with E-state index in [-0.39, 0.29) is 21.6 Å². The number of oxazole rings is 1. The van der Waals surface area contributed by atoms with E-state index in [0.29, 0.717) is 21.7 Å². The number of hydrogen-bond acceptors (Lipinski definition) is 5. The Labute approximate surface area is 165 Å². The molecule has 0 fully saturated rings. The Kier molecular flexibility index (Phi) is 4.55. The molecule has 136 valence electrons. The number of hydrogen-bond donors (Lipinski definition) is 0. The normalized spacial score (nSPS) is 11.6. The van der Waals surface area contributed by atoms with Crippen LogP contribution in [-0.2, 0) is 10.1 Å². The van der Waals surface area contributed by atoms with Gasteiger partial charge in [-0.15, -0.1) is 0 Å². The molecule has 4 aromatic rings. The van der Waals surface area contributed by atoms with Crippen LogP contribution in [0.1, 0.15) is 0 Å². The zero-order chi connectivity index (χ0) is 19.0. The minimum atomic E-state index is -4.18. The minimum Gasteiger partial charge on any atom is -0.436 e. The molecule has 0 spiro atoms. The quantitative estimate of drug-likeness (QED) is 0.404. The van der Waals surface area contributed by atoms with Gasteiger partial charge >= 0.3 is 10.1 Å². The fourth-order valence-electron chi connectivity index (χ4n) is 2.54. The van der Waals surface area contributed by atoms with E-state index >= 15 is 0 Å². The van der Waals surface area contributed by atoms with E-state index in [0.717, 1.165) is 0 Å². The number of halogens is 2. The predicted molar refractivity (Wildman–Crippen MR) is 104 cm³/mol. The molecular formula is C19H11Cl2NO4S. The topological polar surface area (TPSA) is 69.4 Å². The SMILES string of the molecule is O=S(=O)(Oc1ccccc1-c1nc2ccccc2o1)c1ccc(Cl)cc1Cl. The summed E-state index contributed by atoms with van der Waals surface area (Å²) in [7, 11) is -4.18. The molecule has 8 heteroatoms. The Morgan fingerprint density at radius 2 is 1.67 bits per heavy atom. The first-order valence-electron chi connectivity index (χ1n) is 7.78. The van der Waals surface area contributed by atoms with E-state index in [1.165, 1.54) is 24.3 Å². The van der Waals surface area contributed by atoms with Gasteiger partial charge < -0.3 is 8.60 Å². The van der Waals surface area contributed by atoms with Crippen molar-refractivity contribution < 1.29 is 17.0 Å². The molecule has 1 aromatic heterocycles. The largest absolute Gasteiger partial charge is 0.436 e. The third-order valence-corrected chi connectivity index (χ3v) is 5.73. The minimum absolute atomic E-state index is 0.0261. The molecule has 0 atom stereocenters. The van der Waals surface area contributed by atoms with Crippen LogP contribution in [0.5, 0.6) is 5.75 Å². The van der Waals surface area contributed by atoms with E-state index in [1.807, 2.05) is 12.1 Å². The van der Waals surface area contributed by atoms with Gasteiger partial charge in [-0.05, 0) is 42.5 Å². The van der Waals surface area contributed by atoms with E-state index in [1.54, 1.807) is 30.3 Å². The first-order chi connectivity index (χ1) is 12.9. The van der Waals surface area contributed by atoms with Crippen molar-refractivity contribution in [3.63, 3.8) is 0 Å². The highest BCUT2D eigenvalue weighted by atomic mass is 35.5. The molecule has 0 amide bonds. The number of nitrogens with zero attached hydrogens (tertiary/aromatic N) is 1. The van der Waals surface area contributed by atoms with Crippen LogP contribution in [0, 0.1) is 0 Å². The molecule has 0 saturated heterocycles. The Morgan fingerprint density at radius 3 is 2.44 bits per heavy atom. The molecule has 27 heavy (non-hydrogen) atoms. The lowest BCUT2D eigenvalue weighted by Gasteiger charge is -2.11. The summed E-state index contributed by atoms with van der Waals surface area (Å²) in [6.45, 7) is 0. The first kappa shape index (κ1) is 17.9. The van der Waals surface area contributed by atoms with Gasteiger partial charge in [-0.3, -0.25) is 0 Å². The second-order valence-corrected chi connectivity index (χ2v) is 7.95. The van der Waals surface area contributed by atoms with Crippen molar-refractivity contribution in [3.8, 4) is 17.2 Å². The average Bonchev–Trinajstić information content (AvgIpc) is 3.05. The van der Waals surface area contributed by atoms with Crippen LogP contribution in [0.2, 0.25) is 10.0 Å². The van der Waals surface area contributed by atoms with Gasteiger partial charge in [0.15, 0.2) is 11.3 Å². The van der Waals surface area contributed by atoms with Crippen LogP contribution in [0.25, 0.3) is 22.6 Å². The van der Waals surface area contributed by atoms with E-state index in [9.17, 15) is 8.42 Å². The number of benzene rings is 3. The molecule has 0 aliphatic carbocycles. The van der Waals surface area contributed by atoms with Crippen molar-refractivity contribution >= 4 is 44.4 Å². The lowest BCUT2D eigenvalue weighted by atomic mass is 10.2. The summed E-state index contributed by atoms with van der Waals surface area (Å²) < 4.78 is 36.4. The number of rotatable bonds is 4. The molecule has 0 bridgehead atoms. The van der Waals surface area contributed by atoms with Crippen molar-refractivity contribution in [1.29, 1.82) is 0 Å². The third kappa shape index (κ3) is 3.51. The van der Waals surface area contributed by atoms with Crippen LogP contribution in [0.15, 0.2) is 76.0 Å². The van der Waals surface area contributed by atoms with Gasteiger partial charge in [0.05, 0.1) is 10.6 Å². The molecule has 0 aliphatic heterocycles. The van der Waals surface area contributed by atoms with Crippen molar-refractivity contribution in [2.75, 3.05) is 0 Å². The maximum Gasteiger partial charge on any atom is 0.340 e. The van der Waals surface area contributed by atoms with Gasteiger partial charge in [-0.2, -0.15) is 8.42 Å². The smallest absolute Gasteiger partial charge is 0.340 e. The highest BCUT2D eigenvalue weighted by molar-refractivity contribution is 7.87. The van der Waals surface area contributed by atoms with Crippen molar-refractivity contribution in [2.24, 2.45) is 0 Å². The summed E-state index contributed by atoms with van der Waals surface area (Å²) in [5, 5.41) is 0.299. The fourth-order valence-corrected chi connectivity index (χ4v) is 4.24. The second-order valence-electron chi connectivity index (χ2n) is 5.60. The van der Waals surface area contributed by atoms with Crippen LogP contribution in [0.4, 0.5) is 0 Å². The lowest BCUT2D eigenvalue weighted by Crippen LogP contribution is -2.11. The second kappa shape index (κ2) is 6.88. The van der Waals surface area contributed by atoms with Crippen molar-refractivity contribution in [1.82, 2.24) is 4.98 Å². The monoisotopic (exact) mass is 419 g/mol. The predicted octanol–water partition coefficient (Wildman–Crippen LogP) is 5.57. The summed E-state index contributed by atoms with van der Waals surface area (Å²) in [6, 6.07) is 17.9. The molecule has 0 N–H and O–H groups in total. The molecule has 0 radical (unpaired) electrons. The van der Waals surface area contributed by atoms with Gasteiger partial charge in [-0.25, -0.2) is 4.98 Å².